The lowest BCUT2D eigenvalue weighted by atomic mass is 10.2. The van der Waals surface area contributed by atoms with E-state index in [9.17, 15) is 14.9 Å². The number of nitrogens with two attached hydrogens (primary N) is 1. The first kappa shape index (κ1) is 8.98. The van der Waals surface area contributed by atoms with Crippen LogP contribution in [0, 0.1) is 10.1 Å². The van der Waals surface area contributed by atoms with Crippen molar-refractivity contribution < 1.29 is 14.8 Å². The zero-order valence-corrected chi connectivity index (χ0v) is 6.43. The van der Waals surface area contributed by atoms with Gasteiger partial charge in [-0.15, -0.1) is 0 Å². The predicted molar refractivity (Wildman–Crippen MR) is 43.3 cm³/mol. The predicted octanol–water partition coefficient (Wildman–Crippen LogP) is 0.399. The second-order valence-corrected chi connectivity index (χ2v) is 2.32. The first-order valence-electron chi connectivity index (χ1n) is 3.29. The molecule has 6 nitrogen and oxygen atoms in total. The molecule has 0 aliphatic heterocycles. The van der Waals surface area contributed by atoms with Gasteiger partial charge in [0.2, 0.25) is 5.91 Å². The number of nitro benzene ring substituents is 1. The first-order valence-corrected chi connectivity index (χ1v) is 3.29. The molecule has 0 saturated carbocycles. The molecule has 1 amide bonds. The van der Waals surface area contributed by atoms with E-state index >= 15 is 0 Å². The van der Waals surface area contributed by atoms with Gasteiger partial charge in [0, 0.05) is 11.6 Å². The Bertz CT molecular complexity index is 375. The standard InChI is InChI=1S/C7H6N2O4/c8-7(11)4-1-2-6(10)5(3-4)9(12)13/h1-3,10H,(H2,8,11). The average molecular weight is 182 g/mol. The quantitative estimate of drug-likeness (QED) is 0.509. The van der Waals surface area contributed by atoms with Crippen molar-refractivity contribution in [3.63, 3.8) is 0 Å². The number of nitro groups is 1. The van der Waals surface area contributed by atoms with Gasteiger partial charge in [-0.05, 0) is 12.1 Å². The molecule has 1 aromatic carbocycles. The molecule has 0 bridgehead atoms. The van der Waals surface area contributed by atoms with Crippen LogP contribution in [0.1, 0.15) is 10.4 Å². The van der Waals surface area contributed by atoms with Gasteiger partial charge in [0.1, 0.15) is 0 Å². The van der Waals surface area contributed by atoms with Gasteiger partial charge in [-0.2, -0.15) is 0 Å². The Morgan fingerprint density at radius 3 is 2.62 bits per heavy atom. The van der Waals surface area contributed by atoms with Crippen LogP contribution in [0.3, 0.4) is 0 Å². The number of hydrogen-bond donors (Lipinski definition) is 2. The monoisotopic (exact) mass is 182 g/mol. The van der Waals surface area contributed by atoms with Gasteiger partial charge in [0.15, 0.2) is 5.75 Å². The number of carbonyl (C=O) groups excluding carboxylic acids is 1. The summed E-state index contributed by atoms with van der Waals surface area (Å²) < 4.78 is 0. The van der Waals surface area contributed by atoms with Gasteiger partial charge in [-0.25, -0.2) is 0 Å². The van der Waals surface area contributed by atoms with Gasteiger partial charge in [-0.1, -0.05) is 0 Å². The lowest BCUT2D eigenvalue weighted by Crippen LogP contribution is -2.10. The highest BCUT2D eigenvalue weighted by Gasteiger charge is 2.15. The van der Waals surface area contributed by atoms with Crippen LogP contribution >= 0.6 is 0 Å². The molecule has 0 unspecified atom stereocenters. The molecular formula is C7H6N2O4. The summed E-state index contributed by atoms with van der Waals surface area (Å²) >= 11 is 0. The third kappa shape index (κ3) is 1.73. The number of hydrogen-bond acceptors (Lipinski definition) is 4. The summed E-state index contributed by atoms with van der Waals surface area (Å²) in [7, 11) is 0. The maximum atomic E-state index is 10.6. The Balaban J connectivity index is 3.27. The summed E-state index contributed by atoms with van der Waals surface area (Å²) in [5.41, 5.74) is 4.35. The molecule has 0 fully saturated rings. The third-order valence-electron chi connectivity index (χ3n) is 1.46. The Morgan fingerprint density at radius 1 is 1.54 bits per heavy atom. The molecule has 6 heteroatoms. The molecule has 0 spiro atoms. The van der Waals surface area contributed by atoms with E-state index in [1.54, 1.807) is 0 Å². The smallest absolute Gasteiger partial charge is 0.311 e. The number of rotatable bonds is 2. The number of phenols is 1. The SMILES string of the molecule is NC(=O)c1ccc(O)c([N+](=O)[O-])c1. The molecule has 0 aromatic heterocycles. The minimum Gasteiger partial charge on any atom is -0.502 e. The lowest BCUT2D eigenvalue weighted by Gasteiger charge is -1.97. The van der Waals surface area contributed by atoms with E-state index in [0.29, 0.717) is 0 Å². The minimum atomic E-state index is -0.790. The van der Waals surface area contributed by atoms with Crippen molar-refractivity contribution in [3.8, 4) is 5.75 Å². The molecule has 13 heavy (non-hydrogen) atoms. The van der Waals surface area contributed by atoms with Gasteiger partial charge < -0.3 is 10.8 Å². The summed E-state index contributed by atoms with van der Waals surface area (Å²) in [5.74, 6) is -1.27. The van der Waals surface area contributed by atoms with E-state index < -0.39 is 22.3 Å². The number of aromatic hydroxyl groups is 1. The normalized spacial score (nSPS) is 9.54. The third-order valence-corrected chi connectivity index (χ3v) is 1.46. The number of phenolic OH excluding ortho intramolecular Hbond substituents is 1. The summed E-state index contributed by atoms with van der Waals surface area (Å²) in [6.45, 7) is 0. The number of benzene rings is 1. The molecule has 0 radical (unpaired) electrons. The molecule has 3 N–H and O–H groups in total. The maximum absolute atomic E-state index is 10.6. The van der Waals surface area contributed by atoms with Crippen molar-refractivity contribution >= 4 is 11.6 Å². The number of primary amides is 1. The van der Waals surface area contributed by atoms with Crippen molar-refractivity contribution in [2.24, 2.45) is 5.73 Å². The van der Waals surface area contributed by atoms with E-state index in [-0.39, 0.29) is 5.56 Å². The topological polar surface area (TPSA) is 106 Å². The molecular weight excluding hydrogens is 176 g/mol. The van der Waals surface area contributed by atoms with Crippen LogP contribution in [0.2, 0.25) is 0 Å². The van der Waals surface area contributed by atoms with E-state index in [1.807, 2.05) is 0 Å². The summed E-state index contributed by atoms with van der Waals surface area (Å²) in [4.78, 5) is 20.1. The van der Waals surface area contributed by atoms with Gasteiger partial charge in [0.25, 0.3) is 0 Å². The van der Waals surface area contributed by atoms with Crippen molar-refractivity contribution in [2.45, 2.75) is 0 Å². The Labute approximate surface area is 72.7 Å². The summed E-state index contributed by atoms with van der Waals surface area (Å²) in [5, 5.41) is 19.3. The van der Waals surface area contributed by atoms with E-state index in [4.69, 9.17) is 10.8 Å². The van der Waals surface area contributed by atoms with Crippen molar-refractivity contribution in [1.82, 2.24) is 0 Å². The summed E-state index contributed by atoms with van der Waals surface area (Å²) in [6, 6.07) is 3.20. The lowest BCUT2D eigenvalue weighted by molar-refractivity contribution is -0.385. The average Bonchev–Trinajstić information content (AvgIpc) is 2.04. The number of carbonyl (C=O) groups is 1. The zero-order valence-electron chi connectivity index (χ0n) is 6.43. The molecule has 0 aliphatic carbocycles. The van der Waals surface area contributed by atoms with Crippen LogP contribution in [-0.4, -0.2) is 15.9 Å². The van der Waals surface area contributed by atoms with Crippen LogP contribution in [-0.2, 0) is 0 Å². The largest absolute Gasteiger partial charge is 0.502 e. The molecule has 1 aromatic rings. The molecule has 1 rings (SSSR count). The molecule has 68 valence electrons. The highest BCUT2D eigenvalue weighted by Crippen LogP contribution is 2.25. The first-order chi connectivity index (χ1) is 6.02. The van der Waals surface area contributed by atoms with Crippen LogP contribution in [0.15, 0.2) is 18.2 Å². The second-order valence-electron chi connectivity index (χ2n) is 2.32. The van der Waals surface area contributed by atoms with Crippen LogP contribution in [0.4, 0.5) is 5.69 Å². The number of amides is 1. The molecule has 0 atom stereocenters. The van der Waals surface area contributed by atoms with Gasteiger partial charge in [0.05, 0.1) is 4.92 Å². The van der Waals surface area contributed by atoms with E-state index in [2.05, 4.69) is 0 Å². The fourth-order valence-corrected chi connectivity index (χ4v) is 0.823. The Hall–Kier alpha value is -2.11. The minimum absolute atomic E-state index is 0.00972. The molecule has 0 saturated heterocycles. The second kappa shape index (κ2) is 3.10. The highest BCUT2D eigenvalue weighted by atomic mass is 16.6. The van der Waals surface area contributed by atoms with Crippen molar-refractivity contribution in [2.75, 3.05) is 0 Å². The van der Waals surface area contributed by atoms with Gasteiger partial charge in [-0.3, -0.25) is 14.9 Å². The van der Waals surface area contributed by atoms with Crippen molar-refractivity contribution in [3.05, 3.63) is 33.9 Å². The van der Waals surface area contributed by atoms with Crippen LogP contribution < -0.4 is 5.73 Å². The summed E-state index contributed by atoms with van der Waals surface area (Å²) in [6.07, 6.45) is 0. The van der Waals surface area contributed by atoms with E-state index in [1.165, 1.54) is 6.07 Å². The molecule has 0 aliphatic rings. The Kier molecular flexibility index (Phi) is 2.14. The van der Waals surface area contributed by atoms with Gasteiger partial charge >= 0.3 is 5.69 Å². The highest BCUT2D eigenvalue weighted by molar-refractivity contribution is 5.93. The van der Waals surface area contributed by atoms with Crippen LogP contribution in [0.5, 0.6) is 5.75 Å². The van der Waals surface area contributed by atoms with Crippen LogP contribution in [0.25, 0.3) is 0 Å². The zero-order chi connectivity index (χ0) is 10.0. The van der Waals surface area contributed by atoms with Crippen molar-refractivity contribution in [1.29, 1.82) is 0 Å². The van der Waals surface area contributed by atoms with E-state index in [0.717, 1.165) is 12.1 Å². The number of nitrogens with zero attached hydrogens (tertiary/aromatic N) is 1. The fraction of sp³-hybridized carbons (Fsp3) is 0. The molecule has 0 heterocycles. The fourth-order valence-electron chi connectivity index (χ4n) is 0.823. The Morgan fingerprint density at radius 2 is 2.15 bits per heavy atom. The maximum Gasteiger partial charge on any atom is 0.311 e.